The molecule has 1 rings (SSSR count). The lowest BCUT2D eigenvalue weighted by molar-refractivity contribution is 0.395. The zero-order valence-corrected chi connectivity index (χ0v) is 13.1. The average Bonchev–Trinajstić information content (AvgIpc) is 2.27. The molecule has 1 atom stereocenters. The van der Waals surface area contributed by atoms with Crippen LogP contribution in [0, 0.1) is 11.6 Å². The van der Waals surface area contributed by atoms with E-state index in [0.717, 1.165) is 12.3 Å². The van der Waals surface area contributed by atoms with Crippen LogP contribution in [0.5, 0.6) is 0 Å². The maximum atomic E-state index is 14.0. The van der Waals surface area contributed by atoms with Gasteiger partial charge in [0.05, 0.1) is 15.3 Å². The van der Waals surface area contributed by atoms with Crippen LogP contribution in [0.1, 0.15) is 25.5 Å². The molecule has 1 aromatic rings. The monoisotopic (exact) mass is 356 g/mol. The number of hydrogen-bond acceptors (Lipinski definition) is 4. The molecule has 0 aliphatic heterocycles. The van der Waals surface area contributed by atoms with Gasteiger partial charge in [0.25, 0.3) is 0 Å². The van der Waals surface area contributed by atoms with E-state index in [1.165, 1.54) is 19.9 Å². The first-order valence-corrected chi connectivity index (χ1v) is 8.01. The predicted octanol–water partition coefficient (Wildman–Crippen LogP) is 2.05. The number of hydrazine groups is 1. The second-order valence-electron chi connectivity index (χ2n) is 4.73. The van der Waals surface area contributed by atoms with Crippen LogP contribution in [-0.2, 0) is 9.84 Å². The Morgan fingerprint density at radius 3 is 2.32 bits per heavy atom. The summed E-state index contributed by atoms with van der Waals surface area (Å²) in [5.74, 6) is 3.58. The van der Waals surface area contributed by atoms with Crippen LogP contribution in [0.25, 0.3) is 0 Å². The van der Waals surface area contributed by atoms with Crippen molar-refractivity contribution >= 4 is 25.8 Å². The van der Waals surface area contributed by atoms with Gasteiger partial charge in [-0.1, -0.05) is 0 Å². The summed E-state index contributed by atoms with van der Waals surface area (Å²) in [6.45, 7) is 2.71. The molecule has 108 valence electrons. The number of rotatable bonds is 4. The SMILES string of the molecule is CC(C)(C(NN)c1c(F)ccc(Br)c1F)S(C)(=O)=O. The summed E-state index contributed by atoms with van der Waals surface area (Å²) in [5.41, 5.74) is 1.78. The van der Waals surface area contributed by atoms with E-state index in [2.05, 4.69) is 21.4 Å². The summed E-state index contributed by atoms with van der Waals surface area (Å²) in [4.78, 5) is 0. The third kappa shape index (κ3) is 2.96. The molecule has 0 saturated heterocycles. The van der Waals surface area contributed by atoms with Gasteiger partial charge in [-0.25, -0.2) is 17.2 Å². The predicted molar refractivity (Wildman–Crippen MR) is 73.0 cm³/mol. The highest BCUT2D eigenvalue weighted by Crippen LogP contribution is 2.36. The lowest BCUT2D eigenvalue weighted by Gasteiger charge is -2.32. The van der Waals surface area contributed by atoms with Crippen LogP contribution in [0.4, 0.5) is 8.78 Å². The van der Waals surface area contributed by atoms with Crippen molar-refractivity contribution in [2.75, 3.05) is 6.26 Å². The Bertz CT molecular complexity index is 591. The largest absolute Gasteiger partial charge is 0.271 e. The van der Waals surface area contributed by atoms with Crippen molar-refractivity contribution in [2.24, 2.45) is 5.84 Å². The molecule has 0 bridgehead atoms. The van der Waals surface area contributed by atoms with Gasteiger partial charge in [0.2, 0.25) is 0 Å². The van der Waals surface area contributed by atoms with Crippen molar-refractivity contribution in [3.63, 3.8) is 0 Å². The molecule has 1 aromatic carbocycles. The second kappa shape index (κ2) is 5.43. The summed E-state index contributed by atoms with van der Waals surface area (Å²) in [6, 6.07) is 1.03. The van der Waals surface area contributed by atoms with E-state index < -0.39 is 37.8 Å². The summed E-state index contributed by atoms with van der Waals surface area (Å²) in [5, 5.41) is 0. The Kier molecular flexibility index (Phi) is 4.71. The molecule has 8 heteroatoms. The number of nitrogens with one attached hydrogen (secondary N) is 1. The molecule has 4 nitrogen and oxygen atoms in total. The van der Waals surface area contributed by atoms with Crippen LogP contribution in [-0.4, -0.2) is 19.4 Å². The number of benzene rings is 1. The molecule has 0 amide bonds. The van der Waals surface area contributed by atoms with Crippen molar-refractivity contribution in [1.29, 1.82) is 0 Å². The average molecular weight is 357 g/mol. The van der Waals surface area contributed by atoms with Crippen molar-refractivity contribution in [3.05, 3.63) is 33.8 Å². The van der Waals surface area contributed by atoms with E-state index in [4.69, 9.17) is 5.84 Å². The fraction of sp³-hybridized carbons (Fsp3) is 0.455. The van der Waals surface area contributed by atoms with Gasteiger partial charge in [0, 0.05) is 11.8 Å². The first-order chi connectivity index (χ1) is 8.54. The summed E-state index contributed by atoms with van der Waals surface area (Å²) >= 11 is 2.94. The molecule has 0 aliphatic rings. The maximum absolute atomic E-state index is 14.0. The van der Waals surface area contributed by atoms with E-state index in [1.807, 2.05) is 0 Å². The van der Waals surface area contributed by atoms with Crippen molar-refractivity contribution in [3.8, 4) is 0 Å². The highest BCUT2D eigenvalue weighted by molar-refractivity contribution is 9.10. The van der Waals surface area contributed by atoms with Crippen molar-refractivity contribution in [2.45, 2.75) is 24.6 Å². The highest BCUT2D eigenvalue weighted by Gasteiger charge is 2.42. The number of hydrogen-bond donors (Lipinski definition) is 2. The first kappa shape index (κ1) is 16.5. The summed E-state index contributed by atoms with van der Waals surface area (Å²) < 4.78 is 50.0. The topological polar surface area (TPSA) is 72.2 Å². The van der Waals surface area contributed by atoms with Crippen LogP contribution >= 0.6 is 15.9 Å². The van der Waals surface area contributed by atoms with Gasteiger partial charge < -0.3 is 0 Å². The van der Waals surface area contributed by atoms with E-state index in [0.29, 0.717) is 0 Å². The number of halogens is 3. The van der Waals surface area contributed by atoms with Crippen molar-refractivity contribution in [1.82, 2.24) is 5.43 Å². The molecule has 0 aromatic heterocycles. The summed E-state index contributed by atoms with van der Waals surface area (Å²) in [7, 11) is -3.60. The third-order valence-electron chi connectivity index (χ3n) is 3.19. The Balaban J connectivity index is 3.54. The highest BCUT2D eigenvalue weighted by atomic mass is 79.9. The van der Waals surface area contributed by atoms with Crippen LogP contribution in [0.15, 0.2) is 16.6 Å². The van der Waals surface area contributed by atoms with Gasteiger partial charge in [0.1, 0.15) is 11.6 Å². The maximum Gasteiger partial charge on any atom is 0.154 e. The normalized spacial score (nSPS) is 14.5. The molecule has 0 heterocycles. The minimum atomic E-state index is -3.60. The molecule has 0 aliphatic carbocycles. The Morgan fingerprint density at radius 1 is 1.37 bits per heavy atom. The quantitative estimate of drug-likeness (QED) is 0.492. The number of nitrogens with two attached hydrogens (primary N) is 1. The molecular weight excluding hydrogens is 342 g/mol. The molecule has 1 unspecified atom stereocenters. The van der Waals surface area contributed by atoms with Gasteiger partial charge in [-0.2, -0.15) is 0 Å². The molecule has 0 fully saturated rings. The smallest absolute Gasteiger partial charge is 0.154 e. The fourth-order valence-corrected chi connectivity index (χ4v) is 2.61. The van der Waals surface area contributed by atoms with Gasteiger partial charge in [0.15, 0.2) is 9.84 Å². The third-order valence-corrected chi connectivity index (χ3v) is 5.95. The Hall–Kier alpha value is -0.570. The lowest BCUT2D eigenvalue weighted by Crippen LogP contribution is -2.48. The van der Waals surface area contributed by atoms with Crippen LogP contribution < -0.4 is 11.3 Å². The zero-order chi connectivity index (χ0) is 15.0. The molecule has 19 heavy (non-hydrogen) atoms. The fourth-order valence-electron chi connectivity index (χ4n) is 1.65. The van der Waals surface area contributed by atoms with Crippen LogP contribution in [0.2, 0.25) is 0 Å². The summed E-state index contributed by atoms with van der Waals surface area (Å²) in [6.07, 6.45) is 0.991. The minimum absolute atomic E-state index is 0.0356. The number of sulfone groups is 1. The minimum Gasteiger partial charge on any atom is -0.271 e. The lowest BCUT2D eigenvalue weighted by atomic mass is 9.95. The van der Waals surface area contributed by atoms with E-state index >= 15 is 0 Å². The van der Waals surface area contributed by atoms with E-state index in [-0.39, 0.29) is 4.47 Å². The standard InChI is InChI=1S/C11H15BrF2N2O2S/c1-11(2,19(3,17)18)10(16-15)8-7(13)5-4-6(12)9(8)14/h4-5,10,16H,15H2,1-3H3. The second-order valence-corrected chi connectivity index (χ2v) is 8.18. The zero-order valence-electron chi connectivity index (χ0n) is 10.7. The van der Waals surface area contributed by atoms with Crippen LogP contribution in [0.3, 0.4) is 0 Å². The van der Waals surface area contributed by atoms with Gasteiger partial charge in [-0.3, -0.25) is 11.3 Å². The van der Waals surface area contributed by atoms with Crippen molar-refractivity contribution < 1.29 is 17.2 Å². The van der Waals surface area contributed by atoms with Gasteiger partial charge in [-0.15, -0.1) is 0 Å². The molecule has 0 spiro atoms. The Morgan fingerprint density at radius 2 is 1.89 bits per heavy atom. The van der Waals surface area contributed by atoms with E-state index in [1.54, 1.807) is 0 Å². The van der Waals surface area contributed by atoms with Gasteiger partial charge >= 0.3 is 0 Å². The molecule has 3 N–H and O–H groups in total. The molecule has 0 saturated carbocycles. The molecule has 0 radical (unpaired) electrons. The molecular formula is C11H15BrF2N2O2S. The Labute approximate surface area is 119 Å². The van der Waals surface area contributed by atoms with E-state index in [9.17, 15) is 17.2 Å². The first-order valence-electron chi connectivity index (χ1n) is 5.33. The van der Waals surface area contributed by atoms with Gasteiger partial charge in [-0.05, 0) is 41.9 Å².